The number of likely N-dealkylation sites (N-methyl/N-ethyl adjacent to an activating group) is 1. The van der Waals surface area contributed by atoms with Crippen LogP contribution in [0, 0.1) is 23.0 Å². The summed E-state index contributed by atoms with van der Waals surface area (Å²) in [7, 11) is 0. The number of pyridine rings is 1. The Kier molecular flexibility index (Phi) is 18.1. The number of benzene rings is 1. The van der Waals surface area contributed by atoms with Gasteiger partial charge in [-0.3, -0.25) is 24.0 Å². The first-order valence-corrected chi connectivity index (χ1v) is 18.1. The fourth-order valence-corrected chi connectivity index (χ4v) is 5.58. The molecule has 0 spiro atoms. The van der Waals surface area contributed by atoms with Crippen LogP contribution in [0.1, 0.15) is 90.6 Å². The number of amides is 5. The standard InChI is InChI=1S/C38H59N7O6/c1-9-39-38(50)33(26(6)7)44-34(46)27(8)40-23-30(21-24(2)3)41-36(48)31(16-15-28-13-11-10-12-14-28)42-37(49)32(22-25(4)5)43-35(47)29-17-19-45(51)20-18-29/h10-14,17-20,24-27,30-33,40H,9,15-16,21-23H2,1-8H3,(H,39,50)(H,41,48)(H,42,49)(H,43,47)(H,44,46)/t27-,30-,31-,32-,33-/m0/s1. The molecule has 6 N–H and O–H groups in total. The van der Waals surface area contributed by atoms with E-state index in [9.17, 15) is 29.2 Å². The molecule has 0 saturated carbocycles. The van der Waals surface area contributed by atoms with Gasteiger partial charge in [0.25, 0.3) is 5.91 Å². The van der Waals surface area contributed by atoms with E-state index in [0.29, 0.717) is 37.0 Å². The minimum absolute atomic E-state index is 0.0507. The van der Waals surface area contributed by atoms with Crippen molar-refractivity contribution < 1.29 is 28.7 Å². The molecule has 5 atom stereocenters. The zero-order valence-corrected chi connectivity index (χ0v) is 31.5. The highest BCUT2D eigenvalue weighted by Gasteiger charge is 2.30. The van der Waals surface area contributed by atoms with E-state index >= 15 is 0 Å². The molecule has 0 fully saturated rings. The fraction of sp³-hybridized carbons (Fsp3) is 0.579. The normalized spacial score (nSPS) is 14.3. The molecule has 2 aromatic rings. The molecule has 0 aliphatic heterocycles. The van der Waals surface area contributed by atoms with Crippen molar-refractivity contribution in [2.24, 2.45) is 17.8 Å². The van der Waals surface area contributed by atoms with Crippen molar-refractivity contribution in [3.05, 3.63) is 71.2 Å². The Balaban J connectivity index is 2.22. The van der Waals surface area contributed by atoms with Crippen LogP contribution in [0.15, 0.2) is 54.9 Å². The van der Waals surface area contributed by atoms with Gasteiger partial charge >= 0.3 is 0 Å². The van der Waals surface area contributed by atoms with Gasteiger partial charge in [0.05, 0.1) is 11.6 Å². The number of hydrogen-bond donors (Lipinski definition) is 6. The number of nitrogens with zero attached hydrogens (tertiary/aromatic N) is 1. The number of carbonyl (C=O) groups is 5. The summed E-state index contributed by atoms with van der Waals surface area (Å²) in [5.41, 5.74) is 1.24. The maximum Gasteiger partial charge on any atom is 0.252 e. The van der Waals surface area contributed by atoms with E-state index in [0.717, 1.165) is 5.56 Å². The van der Waals surface area contributed by atoms with Crippen molar-refractivity contribution in [3.8, 4) is 0 Å². The Morgan fingerprint density at radius 2 is 1.31 bits per heavy atom. The van der Waals surface area contributed by atoms with Crippen LogP contribution in [0.4, 0.5) is 0 Å². The smallest absolute Gasteiger partial charge is 0.252 e. The lowest BCUT2D eigenvalue weighted by atomic mass is 9.99. The lowest BCUT2D eigenvalue weighted by molar-refractivity contribution is -0.605. The highest BCUT2D eigenvalue weighted by molar-refractivity contribution is 5.98. The first-order valence-electron chi connectivity index (χ1n) is 18.1. The Hall–Kier alpha value is -4.52. The van der Waals surface area contributed by atoms with E-state index in [4.69, 9.17) is 0 Å². The van der Waals surface area contributed by atoms with Crippen LogP contribution in [0.3, 0.4) is 0 Å². The molecule has 0 bridgehead atoms. The molecule has 13 heteroatoms. The molecule has 0 aliphatic rings. The molecule has 0 radical (unpaired) electrons. The SMILES string of the molecule is CCNC(=O)[C@@H](NC(=O)[C@H](C)NC[C@H](CC(C)C)NC(=O)[C@H](CCc1ccccc1)NC(=O)[C@H](CC(C)C)NC(=O)c1cc[n+]([O-])cc1)C(C)C. The molecule has 51 heavy (non-hydrogen) atoms. The Morgan fingerprint density at radius 1 is 0.706 bits per heavy atom. The molecule has 5 amide bonds. The predicted molar refractivity (Wildman–Crippen MR) is 197 cm³/mol. The molecule has 0 aliphatic carbocycles. The van der Waals surface area contributed by atoms with E-state index in [-0.39, 0.29) is 53.6 Å². The topological polar surface area (TPSA) is 184 Å². The lowest BCUT2D eigenvalue weighted by Gasteiger charge is -2.28. The number of carbonyl (C=O) groups excluding carboxylic acids is 5. The largest absolute Gasteiger partial charge is 0.619 e. The lowest BCUT2D eigenvalue weighted by Crippen LogP contribution is -2.57. The summed E-state index contributed by atoms with van der Waals surface area (Å²) in [4.78, 5) is 66.3. The van der Waals surface area contributed by atoms with Crippen molar-refractivity contribution >= 4 is 29.5 Å². The van der Waals surface area contributed by atoms with Crippen molar-refractivity contribution in [1.82, 2.24) is 31.9 Å². The molecule has 1 heterocycles. The van der Waals surface area contributed by atoms with Gasteiger partial charge in [-0.25, -0.2) is 0 Å². The third-order valence-electron chi connectivity index (χ3n) is 8.35. The predicted octanol–water partition coefficient (Wildman–Crippen LogP) is 2.37. The van der Waals surface area contributed by atoms with Gasteiger partial charge in [-0.05, 0) is 62.8 Å². The van der Waals surface area contributed by atoms with Crippen LogP contribution in [-0.4, -0.2) is 72.8 Å². The van der Waals surface area contributed by atoms with Crippen LogP contribution >= 0.6 is 0 Å². The number of aryl methyl sites for hydroxylation is 1. The molecule has 282 valence electrons. The molecule has 2 rings (SSSR count). The highest BCUT2D eigenvalue weighted by atomic mass is 16.5. The zero-order chi connectivity index (χ0) is 38.1. The number of aromatic nitrogens is 1. The average molecular weight is 710 g/mol. The summed E-state index contributed by atoms with van der Waals surface area (Å²) < 4.78 is 0.569. The summed E-state index contributed by atoms with van der Waals surface area (Å²) in [6.45, 7) is 15.9. The molecule has 0 unspecified atom stereocenters. The first-order chi connectivity index (χ1) is 24.1. The second kappa shape index (κ2) is 21.6. The summed E-state index contributed by atoms with van der Waals surface area (Å²) in [6.07, 6.45) is 4.18. The van der Waals surface area contributed by atoms with Gasteiger partial charge in [0.15, 0.2) is 12.4 Å². The Labute approximate surface area is 303 Å². The quantitative estimate of drug-likeness (QED) is 0.0849. The van der Waals surface area contributed by atoms with Crippen molar-refractivity contribution in [1.29, 1.82) is 0 Å². The van der Waals surface area contributed by atoms with Gasteiger partial charge in [0, 0.05) is 31.3 Å². The number of hydrogen-bond acceptors (Lipinski definition) is 7. The van der Waals surface area contributed by atoms with Gasteiger partial charge in [-0.2, -0.15) is 4.73 Å². The van der Waals surface area contributed by atoms with Crippen molar-refractivity contribution in [2.75, 3.05) is 13.1 Å². The summed E-state index contributed by atoms with van der Waals surface area (Å²) in [5, 5.41) is 29.1. The van der Waals surface area contributed by atoms with Crippen LogP contribution in [0.5, 0.6) is 0 Å². The maximum atomic E-state index is 14.0. The van der Waals surface area contributed by atoms with E-state index in [2.05, 4.69) is 31.9 Å². The van der Waals surface area contributed by atoms with Crippen molar-refractivity contribution in [2.45, 2.75) is 111 Å². The molecule has 1 aromatic carbocycles. The monoisotopic (exact) mass is 709 g/mol. The Morgan fingerprint density at radius 3 is 1.88 bits per heavy atom. The maximum absolute atomic E-state index is 14.0. The Bertz CT molecular complexity index is 1400. The number of rotatable bonds is 21. The third kappa shape index (κ3) is 15.5. The van der Waals surface area contributed by atoms with Crippen LogP contribution in [-0.2, 0) is 25.6 Å². The summed E-state index contributed by atoms with van der Waals surface area (Å²) in [6, 6.07) is 8.86. The molecular weight excluding hydrogens is 650 g/mol. The van der Waals surface area contributed by atoms with Crippen LogP contribution in [0.2, 0.25) is 0 Å². The average Bonchev–Trinajstić information content (AvgIpc) is 3.07. The van der Waals surface area contributed by atoms with Gasteiger partial charge in [-0.1, -0.05) is 71.9 Å². The molecular formula is C38H59N7O6. The summed E-state index contributed by atoms with van der Waals surface area (Å²) in [5.74, 6) is -1.79. The van der Waals surface area contributed by atoms with E-state index in [1.165, 1.54) is 24.5 Å². The summed E-state index contributed by atoms with van der Waals surface area (Å²) >= 11 is 0. The van der Waals surface area contributed by atoms with E-state index in [1.807, 2.05) is 78.8 Å². The molecule has 1 aromatic heterocycles. The first kappa shape index (κ1) is 42.6. The zero-order valence-electron chi connectivity index (χ0n) is 31.5. The van der Waals surface area contributed by atoms with Crippen LogP contribution < -0.4 is 36.6 Å². The second-order valence-corrected chi connectivity index (χ2v) is 14.3. The van der Waals surface area contributed by atoms with E-state index in [1.54, 1.807) is 6.92 Å². The van der Waals surface area contributed by atoms with Gasteiger partial charge in [0.2, 0.25) is 23.6 Å². The minimum Gasteiger partial charge on any atom is -0.619 e. The van der Waals surface area contributed by atoms with E-state index < -0.39 is 36.0 Å². The van der Waals surface area contributed by atoms with Crippen LogP contribution in [0.25, 0.3) is 0 Å². The van der Waals surface area contributed by atoms with Gasteiger partial charge < -0.3 is 37.1 Å². The molecule has 13 nitrogen and oxygen atoms in total. The van der Waals surface area contributed by atoms with Crippen molar-refractivity contribution in [3.63, 3.8) is 0 Å². The second-order valence-electron chi connectivity index (χ2n) is 14.3. The van der Waals surface area contributed by atoms with Gasteiger partial charge in [0.1, 0.15) is 18.1 Å². The minimum atomic E-state index is -0.925. The third-order valence-corrected chi connectivity index (χ3v) is 8.35. The number of nitrogens with one attached hydrogen (secondary N) is 6. The molecule has 0 saturated heterocycles. The fourth-order valence-electron chi connectivity index (χ4n) is 5.58. The van der Waals surface area contributed by atoms with Gasteiger partial charge in [-0.15, -0.1) is 0 Å². The highest BCUT2D eigenvalue weighted by Crippen LogP contribution is 2.12.